The van der Waals surface area contributed by atoms with Gasteiger partial charge in [-0.3, -0.25) is 16.2 Å². The van der Waals surface area contributed by atoms with E-state index in [2.05, 4.69) is 38.9 Å². The molecular formula is C12H24N6. The first-order chi connectivity index (χ1) is 8.61. The number of aryl methyl sites for hydroxylation is 1. The van der Waals surface area contributed by atoms with Crippen LogP contribution in [0.5, 0.6) is 0 Å². The summed E-state index contributed by atoms with van der Waals surface area (Å²) in [6.45, 7) is 3.24. The minimum absolute atomic E-state index is 0.221. The number of hydrogen-bond donors (Lipinski definition) is 2. The van der Waals surface area contributed by atoms with Crippen molar-refractivity contribution in [2.75, 3.05) is 33.7 Å². The molecule has 0 saturated carbocycles. The molecule has 1 aliphatic rings. The van der Waals surface area contributed by atoms with E-state index < -0.39 is 0 Å². The summed E-state index contributed by atoms with van der Waals surface area (Å²) in [5, 5.41) is 0. The van der Waals surface area contributed by atoms with Crippen LogP contribution in [0.4, 0.5) is 0 Å². The summed E-state index contributed by atoms with van der Waals surface area (Å²) in [7, 11) is 6.35. The molecule has 0 amide bonds. The fraction of sp³-hybridized carbons (Fsp3) is 0.750. The Morgan fingerprint density at radius 3 is 2.83 bits per heavy atom. The van der Waals surface area contributed by atoms with E-state index in [1.165, 1.54) is 0 Å². The van der Waals surface area contributed by atoms with Gasteiger partial charge in [0.05, 0.1) is 0 Å². The lowest BCUT2D eigenvalue weighted by Gasteiger charge is -2.41. The molecule has 0 aliphatic carbocycles. The van der Waals surface area contributed by atoms with E-state index >= 15 is 0 Å². The molecule has 1 saturated heterocycles. The Morgan fingerprint density at radius 2 is 2.22 bits per heavy atom. The van der Waals surface area contributed by atoms with Crippen molar-refractivity contribution in [2.45, 2.75) is 18.5 Å². The Bertz CT molecular complexity index is 376. The number of nitrogens with one attached hydrogen (secondary N) is 1. The highest BCUT2D eigenvalue weighted by Crippen LogP contribution is 2.13. The molecule has 1 aromatic heterocycles. The first-order valence-electron chi connectivity index (χ1n) is 6.43. The van der Waals surface area contributed by atoms with Gasteiger partial charge in [0.2, 0.25) is 0 Å². The quantitative estimate of drug-likeness (QED) is 0.534. The average molecular weight is 252 g/mol. The van der Waals surface area contributed by atoms with Gasteiger partial charge in [-0.15, -0.1) is 0 Å². The van der Waals surface area contributed by atoms with E-state index in [9.17, 15) is 0 Å². The Hall–Kier alpha value is -0.950. The summed E-state index contributed by atoms with van der Waals surface area (Å²) in [5.41, 5.74) is 2.97. The maximum Gasteiger partial charge on any atom is 0.110 e. The Morgan fingerprint density at radius 1 is 1.44 bits per heavy atom. The van der Waals surface area contributed by atoms with E-state index in [0.717, 1.165) is 31.9 Å². The summed E-state index contributed by atoms with van der Waals surface area (Å²) < 4.78 is 2.05. The molecule has 1 aliphatic heterocycles. The van der Waals surface area contributed by atoms with Crippen molar-refractivity contribution < 1.29 is 0 Å². The predicted molar refractivity (Wildman–Crippen MR) is 71.9 cm³/mol. The number of hydrogen-bond acceptors (Lipinski definition) is 5. The molecule has 6 heteroatoms. The van der Waals surface area contributed by atoms with Crippen molar-refractivity contribution >= 4 is 0 Å². The van der Waals surface area contributed by atoms with E-state index in [0.29, 0.717) is 6.04 Å². The van der Waals surface area contributed by atoms with E-state index in [1.54, 1.807) is 0 Å². The molecule has 1 fully saturated rings. The fourth-order valence-corrected chi connectivity index (χ4v) is 2.57. The van der Waals surface area contributed by atoms with Gasteiger partial charge in [-0.25, -0.2) is 4.98 Å². The normalized spacial score (nSPS) is 24.3. The van der Waals surface area contributed by atoms with Gasteiger partial charge in [0.15, 0.2) is 0 Å². The zero-order valence-corrected chi connectivity index (χ0v) is 11.5. The lowest BCUT2D eigenvalue weighted by atomic mass is 10.0. The number of rotatable bonds is 4. The van der Waals surface area contributed by atoms with Gasteiger partial charge in [-0.2, -0.15) is 0 Å². The van der Waals surface area contributed by atoms with Gasteiger partial charge >= 0.3 is 0 Å². The number of imidazole rings is 1. The third-order valence-electron chi connectivity index (χ3n) is 3.90. The van der Waals surface area contributed by atoms with E-state index in [1.807, 2.05) is 19.4 Å². The van der Waals surface area contributed by atoms with Gasteiger partial charge in [0, 0.05) is 57.6 Å². The second-order valence-electron chi connectivity index (χ2n) is 5.24. The number of hydrazine groups is 1. The molecule has 2 rings (SSSR count). The van der Waals surface area contributed by atoms with Crippen LogP contribution in [0.15, 0.2) is 12.4 Å². The standard InChI is InChI=1S/C12H24N6/c1-16-6-7-17(2)11(9-16)10(15-13)8-12-14-4-5-18(12)3/h4-5,10-11,15H,6-9,13H2,1-3H3. The molecule has 3 N–H and O–H groups in total. The highest BCUT2D eigenvalue weighted by atomic mass is 15.3. The number of likely N-dealkylation sites (N-methyl/N-ethyl adjacent to an activating group) is 2. The second kappa shape index (κ2) is 5.79. The van der Waals surface area contributed by atoms with Crippen molar-refractivity contribution in [3.63, 3.8) is 0 Å². The third kappa shape index (κ3) is 2.89. The number of aromatic nitrogens is 2. The molecule has 0 spiro atoms. The van der Waals surface area contributed by atoms with Crippen molar-refractivity contribution in [3.05, 3.63) is 18.2 Å². The van der Waals surface area contributed by atoms with Crippen molar-refractivity contribution in [2.24, 2.45) is 12.9 Å². The summed E-state index contributed by atoms with van der Waals surface area (Å²) in [6, 6.07) is 0.643. The Balaban J connectivity index is 2.05. The Labute approximate surface area is 109 Å². The molecule has 2 atom stereocenters. The molecule has 0 aromatic carbocycles. The SMILES string of the molecule is CN1CCN(C)C(C(Cc2nccn2C)NN)C1. The van der Waals surface area contributed by atoms with Gasteiger partial charge in [-0.1, -0.05) is 0 Å². The highest BCUT2D eigenvalue weighted by molar-refractivity contribution is 4.99. The molecule has 1 aromatic rings. The predicted octanol–water partition coefficient (Wildman–Crippen LogP) is -0.960. The summed E-state index contributed by atoms with van der Waals surface area (Å²) in [5.74, 6) is 6.81. The zero-order chi connectivity index (χ0) is 13.1. The van der Waals surface area contributed by atoms with Crippen molar-refractivity contribution in [1.82, 2.24) is 24.8 Å². The van der Waals surface area contributed by atoms with E-state index in [-0.39, 0.29) is 6.04 Å². The van der Waals surface area contributed by atoms with Crippen LogP contribution in [0.2, 0.25) is 0 Å². The maximum atomic E-state index is 5.75. The molecule has 2 unspecified atom stereocenters. The topological polar surface area (TPSA) is 62.3 Å². The maximum absolute atomic E-state index is 5.75. The third-order valence-corrected chi connectivity index (χ3v) is 3.90. The first-order valence-corrected chi connectivity index (χ1v) is 6.43. The number of nitrogens with zero attached hydrogens (tertiary/aromatic N) is 4. The largest absolute Gasteiger partial charge is 0.338 e. The molecule has 18 heavy (non-hydrogen) atoms. The van der Waals surface area contributed by atoms with Gasteiger partial charge in [0.25, 0.3) is 0 Å². The monoisotopic (exact) mass is 252 g/mol. The summed E-state index contributed by atoms with van der Waals surface area (Å²) in [6.07, 6.45) is 4.65. The van der Waals surface area contributed by atoms with Gasteiger partial charge in [-0.05, 0) is 14.1 Å². The van der Waals surface area contributed by atoms with Crippen LogP contribution in [0, 0.1) is 0 Å². The fourth-order valence-electron chi connectivity index (χ4n) is 2.57. The molecule has 0 radical (unpaired) electrons. The lowest BCUT2D eigenvalue weighted by molar-refractivity contribution is 0.0870. The van der Waals surface area contributed by atoms with Gasteiger partial charge in [0.1, 0.15) is 5.82 Å². The highest BCUT2D eigenvalue weighted by Gasteiger charge is 2.29. The second-order valence-corrected chi connectivity index (χ2v) is 5.24. The molecule has 102 valence electrons. The van der Waals surface area contributed by atoms with Crippen LogP contribution in [0.1, 0.15) is 5.82 Å². The van der Waals surface area contributed by atoms with Crippen LogP contribution in [-0.4, -0.2) is 65.2 Å². The minimum atomic E-state index is 0.221. The number of nitrogens with two attached hydrogens (primary N) is 1. The first kappa shape index (κ1) is 13.5. The number of piperazine rings is 1. The van der Waals surface area contributed by atoms with Crippen LogP contribution < -0.4 is 11.3 Å². The molecule has 0 bridgehead atoms. The van der Waals surface area contributed by atoms with Crippen LogP contribution in [-0.2, 0) is 13.5 Å². The summed E-state index contributed by atoms with van der Waals surface area (Å²) in [4.78, 5) is 9.11. The van der Waals surface area contributed by atoms with Crippen LogP contribution in [0.25, 0.3) is 0 Å². The lowest BCUT2D eigenvalue weighted by Crippen LogP contribution is -2.60. The average Bonchev–Trinajstić information content (AvgIpc) is 2.75. The Kier molecular flexibility index (Phi) is 4.34. The molecule has 2 heterocycles. The zero-order valence-electron chi connectivity index (χ0n) is 11.5. The van der Waals surface area contributed by atoms with Crippen molar-refractivity contribution in [3.8, 4) is 0 Å². The van der Waals surface area contributed by atoms with Crippen LogP contribution >= 0.6 is 0 Å². The van der Waals surface area contributed by atoms with Crippen LogP contribution in [0.3, 0.4) is 0 Å². The van der Waals surface area contributed by atoms with Crippen molar-refractivity contribution in [1.29, 1.82) is 0 Å². The van der Waals surface area contributed by atoms with Gasteiger partial charge < -0.3 is 9.47 Å². The molecular weight excluding hydrogens is 228 g/mol. The minimum Gasteiger partial charge on any atom is -0.338 e. The molecule has 6 nitrogen and oxygen atoms in total. The smallest absolute Gasteiger partial charge is 0.110 e. The summed E-state index contributed by atoms with van der Waals surface area (Å²) >= 11 is 0. The van der Waals surface area contributed by atoms with E-state index in [4.69, 9.17) is 5.84 Å².